The summed E-state index contributed by atoms with van der Waals surface area (Å²) in [7, 11) is 0. The normalized spacial score (nSPS) is 11.8. The van der Waals surface area contributed by atoms with E-state index in [2.05, 4.69) is 60.7 Å². The Morgan fingerprint density at radius 3 is 2.38 bits per heavy atom. The van der Waals surface area contributed by atoms with E-state index < -0.39 is 0 Å². The Labute approximate surface area is 201 Å². The van der Waals surface area contributed by atoms with Gasteiger partial charge < -0.3 is 4.74 Å². The van der Waals surface area contributed by atoms with Gasteiger partial charge in [-0.15, -0.1) is 11.3 Å². The van der Waals surface area contributed by atoms with E-state index in [0.717, 1.165) is 32.6 Å². The third-order valence-electron chi connectivity index (χ3n) is 5.53. The maximum Gasteiger partial charge on any atom is 0.262 e. The first kappa shape index (κ1) is 22.7. The quantitative estimate of drug-likeness (QED) is 0.285. The van der Waals surface area contributed by atoms with Crippen molar-refractivity contribution in [2.45, 2.75) is 46.1 Å². The number of nitrogens with zero attached hydrogens (tertiary/aromatic N) is 2. The zero-order valence-electron chi connectivity index (χ0n) is 18.8. The van der Waals surface area contributed by atoms with Gasteiger partial charge in [0.15, 0.2) is 0 Å². The first-order chi connectivity index (χ1) is 15.3. The number of rotatable bonds is 6. The Morgan fingerprint density at radius 1 is 1.06 bits per heavy atom. The summed E-state index contributed by atoms with van der Waals surface area (Å²) in [5.41, 5.74) is 3.40. The van der Waals surface area contributed by atoms with Gasteiger partial charge in [-0.05, 0) is 47.2 Å². The monoisotopic (exact) mass is 510 g/mol. The first-order valence-electron chi connectivity index (χ1n) is 10.8. The van der Waals surface area contributed by atoms with Crippen molar-refractivity contribution in [1.29, 1.82) is 0 Å². The maximum absolute atomic E-state index is 13.4. The number of hydrogen-bond acceptors (Lipinski definition) is 4. The van der Waals surface area contributed by atoms with Gasteiger partial charge in [-0.25, -0.2) is 4.98 Å². The second kappa shape index (κ2) is 9.20. The molecule has 0 saturated carbocycles. The van der Waals surface area contributed by atoms with Gasteiger partial charge in [0.2, 0.25) is 0 Å². The number of aryl methyl sites for hydroxylation is 1. The summed E-state index contributed by atoms with van der Waals surface area (Å²) in [5.74, 6) is 0.805. The van der Waals surface area contributed by atoms with E-state index in [9.17, 15) is 4.79 Å². The molecule has 2 heterocycles. The third-order valence-corrected chi connectivity index (χ3v) is 7.30. The first-order valence-corrected chi connectivity index (χ1v) is 12.4. The molecule has 0 spiro atoms. The highest BCUT2D eigenvalue weighted by Crippen LogP contribution is 2.36. The topological polar surface area (TPSA) is 44.1 Å². The van der Waals surface area contributed by atoms with Crippen LogP contribution in [0.25, 0.3) is 21.3 Å². The predicted octanol–water partition coefficient (Wildman–Crippen LogP) is 6.83. The van der Waals surface area contributed by atoms with Gasteiger partial charge in [0.05, 0.1) is 18.3 Å². The van der Waals surface area contributed by atoms with Crippen LogP contribution in [0.15, 0.2) is 64.1 Å². The highest BCUT2D eigenvalue weighted by atomic mass is 79.9. The standard InChI is InChI=1S/C26H27BrN2O2S/c1-5-21-22(17-6-10-19(27)11-7-17)23-24(32-21)28-16-29(25(23)30)14-15-31-20-12-8-18(9-13-20)26(2,3)4/h6-13,16H,5,14-15H2,1-4H3. The van der Waals surface area contributed by atoms with E-state index in [1.807, 2.05) is 36.4 Å². The van der Waals surface area contributed by atoms with Crippen LogP contribution in [0.4, 0.5) is 0 Å². The number of fused-ring (bicyclic) bond motifs is 1. The van der Waals surface area contributed by atoms with Crippen LogP contribution in [0.2, 0.25) is 0 Å². The van der Waals surface area contributed by atoms with Crippen LogP contribution in [0.5, 0.6) is 5.75 Å². The van der Waals surface area contributed by atoms with Crippen molar-refractivity contribution in [1.82, 2.24) is 9.55 Å². The van der Waals surface area contributed by atoms with Crippen LogP contribution in [-0.2, 0) is 18.4 Å². The summed E-state index contributed by atoms with van der Waals surface area (Å²) in [6.45, 7) is 9.53. The van der Waals surface area contributed by atoms with Gasteiger partial charge in [-0.2, -0.15) is 0 Å². The van der Waals surface area contributed by atoms with E-state index in [4.69, 9.17) is 4.74 Å². The SMILES string of the molecule is CCc1sc2ncn(CCOc3ccc(C(C)(C)C)cc3)c(=O)c2c1-c1ccc(Br)cc1. The van der Waals surface area contributed by atoms with Crippen molar-refractivity contribution < 1.29 is 4.74 Å². The number of ether oxygens (including phenoxy) is 1. The minimum Gasteiger partial charge on any atom is -0.492 e. The molecule has 6 heteroatoms. The van der Waals surface area contributed by atoms with Crippen molar-refractivity contribution in [3.05, 3.63) is 80.1 Å². The fourth-order valence-electron chi connectivity index (χ4n) is 3.72. The second-order valence-corrected chi connectivity index (χ2v) is 10.8. The molecule has 2 aromatic heterocycles. The Morgan fingerprint density at radius 2 is 1.75 bits per heavy atom. The van der Waals surface area contributed by atoms with Crippen molar-refractivity contribution in [2.75, 3.05) is 6.61 Å². The molecule has 0 radical (unpaired) electrons. The number of thiophene rings is 1. The molecular weight excluding hydrogens is 484 g/mol. The van der Waals surface area contributed by atoms with Crippen LogP contribution < -0.4 is 10.3 Å². The molecule has 166 valence electrons. The van der Waals surface area contributed by atoms with Gasteiger partial charge in [0, 0.05) is 14.9 Å². The molecule has 0 amide bonds. The summed E-state index contributed by atoms with van der Waals surface area (Å²) >= 11 is 5.09. The molecule has 0 bridgehead atoms. The largest absolute Gasteiger partial charge is 0.492 e. The molecule has 0 atom stereocenters. The molecule has 0 aliphatic carbocycles. The van der Waals surface area contributed by atoms with Crippen LogP contribution in [-0.4, -0.2) is 16.2 Å². The molecule has 2 aromatic carbocycles. The molecule has 0 aliphatic rings. The zero-order valence-corrected chi connectivity index (χ0v) is 21.2. The zero-order chi connectivity index (χ0) is 22.9. The lowest BCUT2D eigenvalue weighted by molar-refractivity contribution is 0.296. The second-order valence-electron chi connectivity index (χ2n) is 8.81. The highest BCUT2D eigenvalue weighted by Gasteiger charge is 2.18. The number of aromatic nitrogens is 2. The predicted molar refractivity (Wildman–Crippen MR) is 137 cm³/mol. The minimum absolute atomic E-state index is 0.0180. The van der Waals surface area contributed by atoms with Crippen molar-refractivity contribution in [3.63, 3.8) is 0 Å². The Bertz CT molecular complexity index is 1280. The number of halogens is 1. The lowest BCUT2D eigenvalue weighted by Gasteiger charge is -2.19. The van der Waals surface area contributed by atoms with Crippen LogP contribution in [0.3, 0.4) is 0 Å². The number of hydrogen-bond donors (Lipinski definition) is 0. The molecule has 4 nitrogen and oxygen atoms in total. The van der Waals surface area contributed by atoms with Crippen LogP contribution in [0, 0.1) is 0 Å². The van der Waals surface area contributed by atoms with E-state index >= 15 is 0 Å². The fourth-order valence-corrected chi connectivity index (χ4v) is 5.07. The van der Waals surface area contributed by atoms with Gasteiger partial charge in [0.1, 0.15) is 17.2 Å². The van der Waals surface area contributed by atoms with Gasteiger partial charge >= 0.3 is 0 Å². The van der Waals surface area contributed by atoms with E-state index in [-0.39, 0.29) is 11.0 Å². The van der Waals surface area contributed by atoms with E-state index in [0.29, 0.717) is 18.5 Å². The molecule has 4 rings (SSSR count). The Kier molecular flexibility index (Phi) is 6.54. The van der Waals surface area contributed by atoms with Gasteiger partial charge in [0.25, 0.3) is 5.56 Å². The lowest BCUT2D eigenvalue weighted by Crippen LogP contribution is -2.23. The molecular formula is C26H27BrN2O2S. The van der Waals surface area contributed by atoms with Gasteiger partial charge in [-0.1, -0.05) is 67.9 Å². The average molecular weight is 511 g/mol. The molecule has 0 aliphatic heterocycles. The summed E-state index contributed by atoms with van der Waals surface area (Å²) in [4.78, 5) is 19.9. The molecule has 0 saturated heterocycles. The lowest BCUT2D eigenvalue weighted by atomic mass is 9.87. The Hall–Kier alpha value is -2.44. The molecule has 4 aromatic rings. The fraction of sp³-hybridized carbons (Fsp3) is 0.308. The van der Waals surface area contributed by atoms with Gasteiger partial charge in [-0.3, -0.25) is 9.36 Å². The van der Waals surface area contributed by atoms with Crippen molar-refractivity contribution >= 4 is 37.5 Å². The molecule has 0 N–H and O–H groups in total. The summed E-state index contributed by atoms with van der Waals surface area (Å²) < 4.78 is 8.58. The van der Waals surface area contributed by atoms with Crippen molar-refractivity contribution in [2.24, 2.45) is 0 Å². The summed E-state index contributed by atoms with van der Waals surface area (Å²) in [6.07, 6.45) is 2.50. The van der Waals surface area contributed by atoms with E-state index in [1.54, 1.807) is 22.2 Å². The summed E-state index contributed by atoms with van der Waals surface area (Å²) in [6, 6.07) is 16.3. The summed E-state index contributed by atoms with van der Waals surface area (Å²) in [5, 5.41) is 0.700. The molecule has 0 fully saturated rings. The molecule has 0 unspecified atom stereocenters. The van der Waals surface area contributed by atoms with Crippen LogP contribution in [0.1, 0.15) is 38.1 Å². The average Bonchev–Trinajstić information content (AvgIpc) is 3.15. The van der Waals surface area contributed by atoms with Crippen LogP contribution >= 0.6 is 27.3 Å². The minimum atomic E-state index is -0.0180. The highest BCUT2D eigenvalue weighted by molar-refractivity contribution is 9.10. The third kappa shape index (κ3) is 4.66. The molecule has 32 heavy (non-hydrogen) atoms. The Balaban J connectivity index is 1.59. The smallest absolute Gasteiger partial charge is 0.262 e. The van der Waals surface area contributed by atoms with E-state index in [1.165, 1.54) is 10.4 Å². The maximum atomic E-state index is 13.4. The van der Waals surface area contributed by atoms with Crippen molar-refractivity contribution in [3.8, 4) is 16.9 Å². The number of benzene rings is 2.